The SMILES string of the molecule is N=C(N)Nc1ccc(C(=O)Oc2cc(OCCOCCOCCOc3cc(OC(=O)c4ccc(NC(=N)N)cc4)cc(C(=O)N[C@H](CCCCN)C(=O)O)c3)cc(C(=O)N[C@H](CCCCN)C(=O)O)c2)cc1. The van der Waals surface area contributed by atoms with Crippen molar-refractivity contribution in [1.82, 2.24) is 10.6 Å². The van der Waals surface area contributed by atoms with Crippen LogP contribution in [0.2, 0.25) is 0 Å². The van der Waals surface area contributed by atoms with Crippen LogP contribution in [0.3, 0.4) is 0 Å². The summed E-state index contributed by atoms with van der Waals surface area (Å²) in [6.45, 7) is 1.02. The number of hydrogen-bond donors (Lipinski definition) is 12. The molecule has 0 heterocycles. The van der Waals surface area contributed by atoms with E-state index < -0.39 is 47.8 Å². The molecule has 4 aromatic rings. The lowest BCUT2D eigenvalue weighted by molar-refractivity contribution is -0.140. The monoisotopic (exact) mass is 1000 g/mol. The van der Waals surface area contributed by atoms with Gasteiger partial charge in [0.1, 0.15) is 48.3 Å². The van der Waals surface area contributed by atoms with E-state index in [0.717, 1.165) is 0 Å². The highest BCUT2D eigenvalue weighted by Gasteiger charge is 2.24. The number of amides is 2. The Morgan fingerprint density at radius 2 is 0.833 bits per heavy atom. The van der Waals surface area contributed by atoms with Gasteiger partial charge in [-0.05, 0) is 124 Å². The number of anilines is 2. The molecule has 386 valence electrons. The molecule has 4 rings (SSSR count). The lowest BCUT2D eigenvalue weighted by Gasteiger charge is -2.16. The van der Waals surface area contributed by atoms with Crippen LogP contribution in [-0.4, -0.2) is 123 Å². The first-order chi connectivity index (χ1) is 34.5. The topological polar surface area (TPSA) is 398 Å². The van der Waals surface area contributed by atoms with Crippen LogP contribution in [0.5, 0.6) is 23.0 Å². The molecule has 2 amide bonds. The van der Waals surface area contributed by atoms with Crippen molar-refractivity contribution in [1.29, 1.82) is 10.8 Å². The van der Waals surface area contributed by atoms with Crippen LogP contribution in [0.15, 0.2) is 84.9 Å². The second-order valence-electron chi connectivity index (χ2n) is 15.6. The van der Waals surface area contributed by atoms with Crippen molar-refractivity contribution in [3.05, 3.63) is 107 Å². The average molecular weight is 1000 g/mol. The molecule has 72 heavy (non-hydrogen) atoms. The number of carboxylic acid groups (broad SMARTS) is 2. The molecule has 2 atom stereocenters. The van der Waals surface area contributed by atoms with E-state index in [2.05, 4.69) is 21.3 Å². The Labute approximate surface area is 414 Å². The fraction of sp³-hybridized carbons (Fsp3) is 0.333. The number of ether oxygens (including phenoxy) is 6. The standard InChI is InChI=1S/C48H60N10O14/c49-15-3-1-5-39(43(61)62)57-41(59)31-23-35(27-37(25-31)71-45(65)29-7-11-33(12-8-29)55-47(51)52)69-21-19-67-17-18-68-20-22-70-36-24-32(42(60)58-40(44(63)64)6-2-4-16-50)26-38(28-36)72-46(66)30-9-13-34(14-10-30)56-48(53)54/h7-14,23-28,39-40H,1-6,15-22,49-50H2,(H,57,59)(H,58,60)(H,61,62)(H,63,64)(H4,51,52,55)(H4,53,54,56)/t39-,40-/m1/s1. The molecular weight excluding hydrogens is 941 g/mol. The third-order valence-electron chi connectivity index (χ3n) is 9.97. The van der Waals surface area contributed by atoms with Crippen LogP contribution < -0.4 is 63.1 Å². The predicted molar refractivity (Wildman–Crippen MR) is 263 cm³/mol. The number of carbonyl (C=O) groups is 6. The van der Waals surface area contributed by atoms with E-state index in [1.807, 2.05) is 0 Å². The molecule has 4 aromatic carbocycles. The van der Waals surface area contributed by atoms with Crippen molar-refractivity contribution in [3.8, 4) is 23.0 Å². The van der Waals surface area contributed by atoms with Gasteiger partial charge in [-0.3, -0.25) is 20.4 Å². The van der Waals surface area contributed by atoms with Gasteiger partial charge in [0.25, 0.3) is 11.8 Å². The Kier molecular flexibility index (Phi) is 23.2. The first-order valence-electron chi connectivity index (χ1n) is 22.6. The Bertz CT molecular complexity index is 2320. The maximum absolute atomic E-state index is 13.3. The number of rotatable bonds is 31. The molecule has 0 saturated carbocycles. The second kappa shape index (κ2) is 29.7. The molecular formula is C48H60N10O14. The number of nitrogens with two attached hydrogens (primary N) is 4. The van der Waals surface area contributed by atoms with Crippen LogP contribution >= 0.6 is 0 Å². The summed E-state index contributed by atoms with van der Waals surface area (Å²) in [5.74, 6) is -6.03. The van der Waals surface area contributed by atoms with Gasteiger partial charge >= 0.3 is 23.9 Å². The van der Waals surface area contributed by atoms with Crippen molar-refractivity contribution in [3.63, 3.8) is 0 Å². The van der Waals surface area contributed by atoms with Gasteiger partial charge in [-0.15, -0.1) is 0 Å². The minimum atomic E-state index is -1.23. The van der Waals surface area contributed by atoms with Crippen LogP contribution in [-0.2, 0) is 19.1 Å². The summed E-state index contributed by atoms with van der Waals surface area (Å²) >= 11 is 0. The van der Waals surface area contributed by atoms with Gasteiger partial charge < -0.3 is 82.8 Å². The first kappa shape index (κ1) is 56.3. The number of esters is 2. The van der Waals surface area contributed by atoms with Gasteiger partial charge in [0, 0.05) is 34.6 Å². The highest BCUT2D eigenvalue weighted by Crippen LogP contribution is 2.27. The maximum atomic E-state index is 13.3. The number of benzene rings is 4. The summed E-state index contributed by atoms with van der Waals surface area (Å²) < 4.78 is 34.0. The number of aliphatic carboxylic acids is 2. The molecule has 0 aliphatic rings. The summed E-state index contributed by atoms with van der Waals surface area (Å²) in [5, 5.41) is 44.4. The van der Waals surface area contributed by atoms with Gasteiger partial charge in [-0.2, -0.15) is 0 Å². The van der Waals surface area contributed by atoms with E-state index in [9.17, 15) is 39.0 Å². The van der Waals surface area contributed by atoms with Gasteiger partial charge in [-0.25, -0.2) is 19.2 Å². The molecule has 24 heteroatoms. The largest absolute Gasteiger partial charge is 0.491 e. The molecule has 0 fully saturated rings. The van der Waals surface area contributed by atoms with Gasteiger partial charge in [0.15, 0.2) is 11.9 Å². The quantitative estimate of drug-likeness (QED) is 0.0113. The number of carbonyl (C=O) groups excluding carboxylic acids is 4. The van der Waals surface area contributed by atoms with Gasteiger partial charge in [0.2, 0.25) is 0 Å². The number of unbranched alkanes of at least 4 members (excludes halogenated alkanes) is 2. The summed E-state index contributed by atoms with van der Waals surface area (Å²) in [5.41, 5.74) is 22.9. The van der Waals surface area contributed by atoms with E-state index in [0.29, 0.717) is 50.1 Å². The van der Waals surface area contributed by atoms with Crippen molar-refractivity contribution < 1.29 is 67.4 Å². The van der Waals surface area contributed by atoms with Gasteiger partial charge in [-0.1, -0.05) is 0 Å². The molecule has 0 radical (unpaired) electrons. The molecule has 0 saturated heterocycles. The lowest BCUT2D eigenvalue weighted by atomic mass is 10.1. The van der Waals surface area contributed by atoms with Crippen molar-refractivity contribution in [2.45, 2.75) is 50.6 Å². The Balaban J connectivity index is 1.33. The van der Waals surface area contributed by atoms with Crippen molar-refractivity contribution in [2.75, 3.05) is 63.4 Å². The van der Waals surface area contributed by atoms with Crippen LogP contribution in [0.4, 0.5) is 11.4 Å². The molecule has 0 aromatic heterocycles. The van der Waals surface area contributed by atoms with Crippen LogP contribution in [0.1, 0.15) is 80.0 Å². The molecule has 16 N–H and O–H groups in total. The summed E-state index contributed by atoms with van der Waals surface area (Å²) in [6.07, 6.45) is 2.35. The zero-order chi connectivity index (χ0) is 52.4. The van der Waals surface area contributed by atoms with Crippen molar-refractivity contribution in [2.24, 2.45) is 22.9 Å². The summed E-state index contributed by atoms with van der Waals surface area (Å²) in [4.78, 5) is 76.6. The van der Waals surface area contributed by atoms with E-state index in [1.54, 1.807) is 0 Å². The number of hydrogen-bond acceptors (Lipinski definition) is 16. The zero-order valence-corrected chi connectivity index (χ0v) is 39.2. The maximum Gasteiger partial charge on any atom is 0.343 e. The third kappa shape index (κ3) is 20.0. The minimum absolute atomic E-state index is 0.0247. The smallest absolute Gasteiger partial charge is 0.343 e. The molecule has 0 bridgehead atoms. The van der Waals surface area contributed by atoms with E-state index in [4.69, 9.17) is 62.2 Å². The molecule has 24 nitrogen and oxygen atoms in total. The Morgan fingerprint density at radius 1 is 0.486 bits per heavy atom. The highest BCUT2D eigenvalue weighted by atomic mass is 16.6. The average Bonchev–Trinajstić information content (AvgIpc) is 3.33. The van der Waals surface area contributed by atoms with Crippen molar-refractivity contribution >= 4 is 59.0 Å². The van der Waals surface area contributed by atoms with Crippen LogP contribution in [0.25, 0.3) is 0 Å². The molecule has 0 aliphatic carbocycles. The third-order valence-corrected chi connectivity index (χ3v) is 9.97. The number of guanidine groups is 2. The van der Waals surface area contributed by atoms with E-state index in [1.165, 1.54) is 84.9 Å². The van der Waals surface area contributed by atoms with E-state index >= 15 is 0 Å². The predicted octanol–water partition coefficient (Wildman–Crippen LogP) is 2.85. The lowest BCUT2D eigenvalue weighted by Crippen LogP contribution is -2.40. The molecule has 0 unspecified atom stereocenters. The van der Waals surface area contributed by atoms with Gasteiger partial charge in [0.05, 0.1) is 37.6 Å². The highest BCUT2D eigenvalue weighted by molar-refractivity contribution is 5.99. The second-order valence-corrected chi connectivity index (χ2v) is 15.6. The first-order valence-corrected chi connectivity index (χ1v) is 22.6. The number of nitrogens with one attached hydrogen (secondary N) is 6. The summed E-state index contributed by atoms with van der Waals surface area (Å²) in [6, 6.07) is 17.5. The zero-order valence-electron chi connectivity index (χ0n) is 39.2. The Hall–Kier alpha value is -8.32. The minimum Gasteiger partial charge on any atom is -0.491 e. The summed E-state index contributed by atoms with van der Waals surface area (Å²) in [7, 11) is 0. The Morgan fingerprint density at radius 3 is 1.17 bits per heavy atom. The van der Waals surface area contributed by atoms with Crippen LogP contribution in [0, 0.1) is 10.8 Å². The molecule has 0 spiro atoms. The normalized spacial score (nSPS) is 11.5. The fourth-order valence-corrected chi connectivity index (χ4v) is 6.45. The fourth-order valence-electron chi connectivity index (χ4n) is 6.45. The number of carboxylic acids is 2. The van der Waals surface area contributed by atoms with E-state index in [-0.39, 0.29) is 110 Å². The molecule has 0 aliphatic heterocycles.